The molecule has 0 saturated carbocycles. The summed E-state index contributed by atoms with van der Waals surface area (Å²) in [5, 5.41) is 10.6. The van der Waals surface area contributed by atoms with Crippen molar-refractivity contribution in [3.63, 3.8) is 0 Å². The molecule has 1 fully saturated rings. The van der Waals surface area contributed by atoms with Crippen LogP contribution in [0.3, 0.4) is 0 Å². The summed E-state index contributed by atoms with van der Waals surface area (Å²) >= 11 is 0. The molecule has 5 atom stereocenters. The third-order valence-electron chi connectivity index (χ3n) is 8.25. The summed E-state index contributed by atoms with van der Waals surface area (Å²) in [6.07, 6.45) is 0.238. The SMILES string of the molecule is C=NC[C@H](NC(=O)CNC(=O)C(=O)C(CCCC)NC(=O)[C@@H]1C[C@@H](OC(C)(C)C)CN1C(=O)[C@@H](NC(=O)OCC(C)C)C(C)(C)C)c1ccccc1. The molecule has 0 bridgehead atoms. The normalized spacial score (nSPS) is 17.8. The minimum atomic E-state index is -1.21. The fourth-order valence-corrected chi connectivity index (χ4v) is 5.74. The number of Topliss-reactive ketones (excluding diaryl/α,β-unsaturated/α-hetero) is 1. The highest BCUT2D eigenvalue weighted by atomic mass is 16.5. The number of carbonyl (C=O) groups excluding carboxylic acids is 6. The van der Waals surface area contributed by atoms with Crippen LogP contribution in [0.2, 0.25) is 0 Å². The molecule has 2 rings (SSSR count). The number of rotatable bonds is 18. The summed E-state index contributed by atoms with van der Waals surface area (Å²) in [5.41, 5.74) is -0.538. The zero-order chi connectivity index (χ0) is 39.2. The van der Waals surface area contributed by atoms with Crippen molar-refractivity contribution >= 4 is 42.2 Å². The van der Waals surface area contributed by atoms with E-state index in [9.17, 15) is 28.8 Å². The van der Waals surface area contributed by atoms with Gasteiger partial charge in [0.15, 0.2) is 0 Å². The molecule has 290 valence electrons. The first-order valence-corrected chi connectivity index (χ1v) is 18.1. The second-order valence-electron chi connectivity index (χ2n) is 15.7. The van der Waals surface area contributed by atoms with Crippen LogP contribution in [0.5, 0.6) is 0 Å². The smallest absolute Gasteiger partial charge is 0.407 e. The molecule has 1 aromatic carbocycles. The summed E-state index contributed by atoms with van der Waals surface area (Å²) in [6.45, 7) is 20.2. The van der Waals surface area contributed by atoms with Crippen LogP contribution in [0.1, 0.15) is 99.6 Å². The second-order valence-corrected chi connectivity index (χ2v) is 15.7. The molecule has 1 aliphatic rings. The summed E-state index contributed by atoms with van der Waals surface area (Å²) in [4.78, 5) is 85.4. The number of hydrogen-bond donors (Lipinski definition) is 4. The molecule has 5 amide bonds. The van der Waals surface area contributed by atoms with E-state index < -0.39 is 83.3 Å². The van der Waals surface area contributed by atoms with E-state index in [1.54, 1.807) is 20.8 Å². The Morgan fingerprint density at radius 2 is 1.63 bits per heavy atom. The number of likely N-dealkylation sites (tertiary alicyclic amines) is 1. The number of aliphatic imine (C=N–C) groups is 1. The highest BCUT2D eigenvalue weighted by molar-refractivity contribution is 6.38. The van der Waals surface area contributed by atoms with E-state index in [0.29, 0.717) is 12.8 Å². The Morgan fingerprint density at radius 1 is 0.981 bits per heavy atom. The average Bonchev–Trinajstić information content (AvgIpc) is 3.48. The number of ether oxygens (including phenoxy) is 2. The van der Waals surface area contributed by atoms with Crippen LogP contribution in [0.15, 0.2) is 35.3 Å². The summed E-state index contributed by atoms with van der Waals surface area (Å²) < 4.78 is 11.5. The van der Waals surface area contributed by atoms with E-state index in [0.717, 1.165) is 5.56 Å². The third kappa shape index (κ3) is 14.4. The van der Waals surface area contributed by atoms with Crippen molar-refractivity contribution in [1.82, 2.24) is 26.2 Å². The van der Waals surface area contributed by atoms with Crippen LogP contribution in [0.25, 0.3) is 0 Å². The number of ketones is 1. The molecule has 1 aliphatic heterocycles. The van der Waals surface area contributed by atoms with E-state index in [-0.39, 0.29) is 38.5 Å². The molecular formula is C38H60N6O8. The molecule has 0 radical (unpaired) electrons. The predicted octanol–water partition coefficient (Wildman–Crippen LogP) is 3.49. The maximum atomic E-state index is 14.2. The van der Waals surface area contributed by atoms with Gasteiger partial charge in [0.1, 0.15) is 12.1 Å². The molecule has 0 spiro atoms. The fraction of sp³-hybridized carbons (Fsp3) is 0.658. The lowest BCUT2D eigenvalue weighted by atomic mass is 9.85. The predicted molar refractivity (Wildman–Crippen MR) is 199 cm³/mol. The van der Waals surface area contributed by atoms with Gasteiger partial charge in [0.2, 0.25) is 23.5 Å². The van der Waals surface area contributed by atoms with Crippen molar-refractivity contribution in [3.05, 3.63) is 35.9 Å². The average molecular weight is 729 g/mol. The van der Waals surface area contributed by atoms with E-state index in [1.165, 1.54) is 4.90 Å². The topological polar surface area (TPSA) is 185 Å². The quantitative estimate of drug-likeness (QED) is 0.131. The number of alkyl carbamates (subject to hydrolysis) is 1. The Balaban J connectivity index is 2.24. The van der Waals surface area contributed by atoms with Crippen molar-refractivity contribution in [2.45, 2.75) is 124 Å². The third-order valence-corrected chi connectivity index (χ3v) is 8.25. The van der Waals surface area contributed by atoms with Crippen LogP contribution in [-0.2, 0) is 33.4 Å². The van der Waals surface area contributed by atoms with Crippen LogP contribution >= 0.6 is 0 Å². The molecule has 1 saturated heterocycles. The van der Waals surface area contributed by atoms with Crippen molar-refractivity contribution in [2.24, 2.45) is 16.3 Å². The molecule has 14 nitrogen and oxygen atoms in total. The monoisotopic (exact) mass is 728 g/mol. The number of nitrogens with zero attached hydrogens (tertiary/aromatic N) is 2. The van der Waals surface area contributed by atoms with Gasteiger partial charge in [-0.05, 0) is 50.8 Å². The minimum absolute atomic E-state index is 0.0675. The van der Waals surface area contributed by atoms with Crippen molar-refractivity contribution < 1.29 is 38.2 Å². The van der Waals surface area contributed by atoms with E-state index >= 15 is 0 Å². The first kappa shape index (κ1) is 43.8. The summed E-state index contributed by atoms with van der Waals surface area (Å²) in [7, 11) is 0. The molecule has 0 aliphatic carbocycles. The van der Waals surface area contributed by atoms with Gasteiger partial charge in [-0.2, -0.15) is 0 Å². The highest BCUT2D eigenvalue weighted by Gasteiger charge is 2.47. The van der Waals surface area contributed by atoms with Gasteiger partial charge in [0.05, 0.1) is 43.5 Å². The lowest BCUT2D eigenvalue weighted by Crippen LogP contribution is -2.59. The van der Waals surface area contributed by atoms with Crippen LogP contribution in [0, 0.1) is 11.3 Å². The van der Waals surface area contributed by atoms with E-state index in [2.05, 4.69) is 33.0 Å². The zero-order valence-corrected chi connectivity index (χ0v) is 32.4. The Labute approximate surface area is 308 Å². The van der Waals surface area contributed by atoms with E-state index in [4.69, 9.17) is 9.47 Å². The number of benzene rings is 1. The van der Waals surface area contributed by atoms with Gasteiger partial charge < -0.3 is 35.6 Å². The Bertz CT molecular complexity index is 1390. The number of unbranched alkanes of at least 4 members (excludes halogenated alkanes) is 1. The first-order valence-electron chi connectivity index (χ1n) is 18.1. The van der Waals surface area contributed by atoms with Gasteiger partial charge in [-0.1, -0.05) is 84.7 Å². The van der Waals surface area contributed by atoms with Gasteiger partial charge in [-0.3, -0.25) is 29.0 Å². The standard InChI is InChI=1S/C38H60N6O8/c1-11-12-18-27(31(46)34(48)40-21-30(45)41-28(20-39-10)25-16-14-13-15-17-25)42-33(47)29-19-26(52-38(7,8)9)22-44(29)35(49)32(37(4,5)6)43-36(50)51-23-24(2)3/h13-17,24,26-29,32H,10-12,18-23H2,1-9H3,(H,40,48)(H,41,45)(H,42,47)(H,43,50)/t26-,27?,28+,29+,32-/m1/s1. The molecular weight excluding hydrogens is 668 g/mol. The number of carbonyl (C=O) groups is 6. The Hall–Kier alpha value is -4.33. The van der Waals surface area contributed by atoms with Crippen molar-refractivity contribution in [3.8, 4) is 0 Å². The number of amides is 5. The molecule has 1 unspecified atom stereocenters. The maximum Gasteiger partial charge on any atom is 0.407 e. The summed E-state index contributed by atoms with van der Waals surface area (Å²) in [5.74, 6) is -3.53. The Morgan fingerprint density at radius 3 is 2.19 bits per heavy atom. The zero-order valence-electron chi connectivity index (χ0n) is 32.4. The van der Waals surface area contributed by atoms with Gasteiger partial charge in [0, 0.05) is 13.0 Å². The maximum absolute atomic E-state index is 14.2. The largest absolute Gasteiger partial charge is 0.449 e. The second kappa shape index (κ2) is 20.1. The van der Waals surface area contributed by atoms with Gasteiger partial charge >= 0.3 is 6.09 Å². The van der Waals surface area contributed by atoms with Crippen molar-refractivity contribution in [2.75, 3.05) is 26.2 Å². The van der Waals surface area contributed by atoms with Crippen LogP contribution in [-0.4, -0.2) is 103 Å². The molecule has 52 heavy (non-hydrogen) atoms. The lowest BCUT2D eigenvalue weighted by Gasteiger charge is -2.35. The lowest BCUT2D eigenvalue weighted by molar-refractivity contribution is -0.144. The van der Waals surface area contributed by atoms with Crippen molar-refractivity contribution in [1.29, 1.82) is 0 Å². The van der Waals surface area contributed by atoms with E-state index in [1.807, 2.05) is 71.9 Å². The molecule has 0 aromatic heterocycles. The van der Waals surface area contributed by atoms with Crippen LogP contribution < -0.4 is 21.3 Å². The van der Waals surface area contributed by atoms with Crippen LogP contribution in [0.4, 0.5) is 4.79 Å². The first-order chi connectivity index (χ1) is 24.3. The summed E-state index contributed by atoms with van der Waals surface area (Å²) in [6, 6.07) is 5.37. The number of hydrogen-bond acceptors (Lipinski definition) is 9. The van der Waals surface area contributed by atoms with Gasteiger partial charge in [-0.25, -0.2) is 4.79 Å². The molecule has 1 aromatic rings. The highest BCUT2D eigenvalue weighted by Crippen LogP contribution is 2.29. The number of nitrogens with one attached hydrogen (secondary N) is 4. The minimum Gasteiger partial charge on any atom is -0.449 e. The van der Waals surface area contributed by atoms with Gasteiger partial charge in [-0.15, -0.1) is 0 Å². The molecule has 1 heterocycles. The fourth-order valence-electron chi connectivity index (χ4n) is 5.74. The molecule has 14 heteroatoms. The Kier molecular flexibility index (Phi) is 16.9. The van der Waals surface area contributed by atoms with Gasteiger partial charge in [0.25, 0.3) is 5.91 Å². The molecule has 4 N–H and O–H groups in total.